The fourth-order valence-corrected chi connectivity index (χ4v) is 2.34. The maximum Gasteiger partial charge on any atom is 0.169 e. The number of benzene rings is 2. The van der Waals surface area contributed by atoms with Crippen molar-refractivity contribution in [3.05, 3.63) is 71.0 Å². The normalized spacial score (nSPS) is 12.8. The summed E-state index contributed by atoms with van der Waals surface area (Å²) in [6.07, 6.45) is 0. The second-order valence-electron chi connectivity index (χ2n) is 4.79. The van der Waals surface area contributed by atoms with Crippen molar-refractivity contribution in [3.8, 4) is 0 Å². The van der Waals surface area contributed by atoms with Crippen LogP contribution in [0.25, 0.3) is 11.0 Å². The zero-order chi connectivity index (χ0) is 14.3. The highest BCUT2D eigenvalue weighted by Crippen LogP contribution is 2.29. The Morgan fingerprint density at radius 1 is 1.10 bits per heavy atom. The number of fused-ring (bicyclic) bond motifs is 1. The number of hydrogen-bond acceptors (Lipinski definition) is 2. The molecule has 1 atom stereocenters. The molecule has 1 heterocycles. The molecule has 1 unspecified atom stereocenters. The Morgan fingerprint density at radius 3 is 2.60 bits per heavy atom. The van der Waals surface area contributed by atoms with E-state index >= 15 is 0 Å². The number of rotatable bonds is 2. The molecule has 0 saturated heterocycles. The van der Waals surface area contributed by atoms with Crippen molar-refractivity contribution in [2.24, 2.45) is 5.73 Å². The van der Waals surface area contributed by atoms with Crippen LogP contribution >= 0.6 is 0 Å². The van der Waals surface area contributed by atoms with Crippen molar-refractivity contribution in [2.45, 2.75) is 13.0 Å². The second kappa shape index (κ2) is 4.72. The SMILES string of the molecule is Cc1cc(F)ccc1C(N)c1cc2cccc(F)c2o1. The number of hydrogen-bond donors (Lipinski definition) is 1. The van der Waals surface area contributed by atoms with Gasteiger partial charge in [0, 0.05) is 5.39 Å². The van der Waals surface area contributed by atoms with E-state index in [2.05, 4.69) is 0 Å². The van der Waals surface area contributed by atoms with Crippen LogP contribution in [-0.4, -0.2) is 0 Å². The molecule has 0 saturated carbocycles. The standard InChI is InChI=1S/C16H13F2NO/c1-9-7-11(17)5-6-12(9)15(19)14-8-10-3-2-4-13(18)16(10)20-14/h2-8,15H,19H2,1H3. The Hall–Kier alpha value is -2.20. The average molecular weight is 273 g/mol. The molecular formula is C16H13F2NO. The molecule has 2 N–H and O–H groups in total. The van der Waals surface area contributed by atoms with Gasteiger partial charge in [0.15, 0.2) is 11.4 Å². The van der Waals surface area contributed by atoms with Crippen LogP contribution in [0.4, 0.5) is 8.78 Å². The van der Waals surface area contributed by atoms with Crippen LogP contribution in [0.5, 0.6) is 0 Å². The number of aryl methyl sites for hydroxylation is 1. The summed E-state index contributed by atoms with van der Waals surface area (Å²) in [5.41, 5.74) is 7.82. The summed E-state index contributed by atoms with van der Waals surface area (Å²) in [5, 5.41) is 0.662. The van der Waals surface area contributed by atoms with Gasteiger partial charge in [-0.3, -0.25) is 0 Å². The Balaban J connectivity index is 2.08. The number of furan rings is 1. The molecule has 20 heavy (non-hydrogen) atoms. The maximum absolute atomic E-state index is 13.6. The van der Waals surface area contributed by atoms with Crippen LogP contribution in [-0.2, 0) is 0 Å². The van der Waals surface area contributed by atoms with Gasteiger partial charge in [0.1, 0.15) is 11.6 Å². The summed E-state index contributed by atoms with van der Waals surface area (Å²) in [7, 11) is 0. The van der Waals surface area contributed by atoms with E-state index in [0.29, 0.717) is 11.1 Å². The van der Waals surface area contributed by atoms with Gasteiger partial charge in [-0.25, -0.2) is 8.78 Å². The summed E-state index contributed by atoms with van der Waals surface area (Å²) < 4.78 is 32.2. The summed E-state index contributed by atoms with van der Waals surface area (Å²) in [6.45, 7) is 1.78. The highest BCUT2D eigenvalue weighted by Gasteiger charge is 2.17. The van der Waals surface area contributed by atoms with Crippen LogP contribution in [0.2, 0.25) is 0 Å². The van der Waals surface area contributed by atoms with Crippen molar-refractivity contribution in [1.29, 1.82) is 0 Å². The van der Waals surface area contributed by atoms with Gasteiger partial charge in [-0.15, -0.1) is 0 Å². The first-order valence-electron chi connectivity index (χ1n) is 6.26. The van der Waals surface area contributed by atoms with E-state index in [1.54, 1.807) is 31.2 Å². The lowest BCUT2D eigenvalue weighted by Crippen LogP contribution is -2.12. The summed E-state index contributed by atoms with van der Waals surface area (Å²) in [5.74, 6) is -0.273. The third-order valence-corrected chi connectivity index (χ3v) is 3.39. The van der Waals surface area contributed by atoms with Gasteiger partial charge in [-0.2, -0.15) is 0 Å². The van der Waals surface area contributed by atoms with Gasteiger partial charge < -0.3 is 10.2 Å². The third-order valence-electron chi connectivity index (χ3n) is 3.39. The molecule has 102 valence electrons. The van der Waals surface area contributed by atoms with Gasteiger partial charge in [0.05, 0.1) is 6.04 Å². The fraction of sp³-hybridized carbons (Fsp3) is 0.125. The van der Waals surface area contributed by atoms with Crippen LogP contribution in [0.15, 0.2) is 46.9 Å². The minimum Gasteiger partial charge on any atom is -0.456 e. The highest BCUT2D eigenvalue weighted by molar-refractivity contribution is 5.78. The Bertz CT molecular complexity index is 779. The lowest BCUT2D eigenvalue weighted by molar-refractivity contribution is 0.501. The third kappa shape index (κ3) is 2.08. The first-order valence-corrected chi connectivity index (χ1v) is 6.26. The van der Waals surface area contributed by atoms with E-state index in [1.807, 2.05) is 0 Å². The molecule has 2 aromatic carbocycles. The topological polar surface area (TPSA) is 39.2 Å². The van der Waals surface area contributed by atoms with Crippen molar-refractivity contribution in [2.75, 3.05) is 0 Å². The van der Waals surface area contributed by atoms with Gasteiger partial charge in [-0.1, -0.05) is 18.2 Å². The Morgan fingerprint density at radius 2 is 1.90 bits per heavy atom. The fourth-order valence-electron chi connectivity index (χ4n) is 2.34. The van der Waals surface area contributed by atoms with Crippen LogP contribution < -0.4 is 5.73 Å². The minimum absolute atomic E-state index is 0.192. The summed E-state index contributed by atoms with van der Waals surface area (Å²) in [6, 6.07) is 10.3. The molecular weight excluding hydrogens is 260 g/mol. The van der Waals surface area contributed by atoms with Crippen molar-refractivity contribution < 1.29 is 13.2 Å². The first-order chi connectivity index (χ1) is 9.56. The van der Waals surface area contributed by atoms with E-state index in [0.717, 1.165) is 11.1 Å². The van der Waals surface area contributed by atoms with Crippen molar-refractivity contribution in [3.63, 3.8) is 0 Å². The van der Waals surface area contributed by atoms with Crippen LogP contribution in [0, 0.1) is 18.6 Å². The van der Waals surface area contributed by atoms with E-state index in [1.165, 1.54) is 18.2 Å². The summed E-state index contributed by atoms with van der Waals surface area (Å²) in [4.78, 5) is 0. The molecule has 3 aromatic rings. The zero-order valence-corrected chi connectivity index (χ0v) is 10.9. The van der Waals surface area contributed by atoms with Gasteiger partial charge >= 0.3 is 0 Å². The molecule has 4 heteroatoms. The number of para-hydroxylation sites is 1. The quantitative estimate of drug-likeness (QED) is 0.764. The monoisotopic (exact) mass is 273 g/mol. The minimum atomic E-state index is -0.553. The van der Waals surface area contributed by atoms with Crippen molar-refractivity contribution >= 4 is 11.0 Å². The molecule has 0 spiro atoms. The molecule has 0 aliphatic carbocycles. The second-order valence-corrected chi connectivity index (χ2v) is 4.79. The van der Waals surface area contributed by atoms with Crippen LogP contribution in [0.3, 0.4) is 0 Å². The van der Waals surface area contributed by atoms with Gasteiger partial charge in [0.2, 0.25) is 0 Å². The lowest BCUT2D eigenvalue weighted by atomic mass is 10.00. The van der Waals surface area contributed by atoms with Crippen LogP contribution in [0.1, 0.15) is 22.9 Å². The Labute approximate surface area is 114 Å². The molecule has 2 nitrogen and oxygen atoms in total. The van der Waals surface area contributed by atoms with E-state index in [4.69, 9.17) is 10.2 Å². The van der Waals surface area contributed by atoms with Gasteiger partial charge in [0.25, 0.3) is 0 Å². The molecule has 1 aromatic heterocycles. The smallest absolute Gasteiger partial charge is 0.169 e. The predicted octanol–water partition coefficient (Wildman–Crippen LogP) is 4.07. The summed E-state index contributed by atoms with van der Waals surface area (Å²) >= 11 is 0. The van der Waals surface area contributed by atoms with E-state index < -0.39 is 11.9 Å². The highest BCUT2D eigenvalue weighted by atomic mass is 19.1. The van der Waals surface area contributed by atoms with Crippen molar-refractivity contribution in [1.82, 2.24) is 0 Å². The first kappa shape index (κ1) is 12.8. The molecule has 0 radical (unpaired) electrons. The molecule has 0 amide bonds. The molecule has 3 rings (SSSR count). The number of nitrogens with two attached hydrogens (primary N) is 1. The van der Waals surface area contributed by atoms with Gasteiger partial charge in [-0.05, 0) is 42.3 Å². The molecule has 0 aliphatic heterocycles. The Kier molecular flexibility index (Phi) is 3.03. The predicted molar refractivity (Wildman–Crippen MR) is 73.3 cm³/mol. The maximum atomic E-state index is 13.6. The van der Waals surface area contributed by atoms with E-state index in [9.17, 15) is 8.78 Å². The molecule has 0 fully saturated rings. The zero-order valence-electron chi connectivity index (χ0n) is 10.9. The largest absolute Gasteiger partial charge is 0.456 e. The average Bonchev–Trinajstić information content (AvgIpc) is 2.83. The molecule has 0 aliphatic rings. The van der Waals surface area contributed by atoms with E-state index in [-0.39, 0.29) is 11.4 Å². The number of halogens is 2. The molecule has 0 bridgehead atoms. The lowest BCUT2D eigenvalue weighted by Gasteiger charge is -2.12.